The fourth-order valence-electron chi connectivity index (χ4n) is 2.42. The summed E-state index contributed by atoms with van der Waals surface area (Å²) >= 11 is 3.52. The van der Waals surface area contributed by atoms with Gasteiger partial charge in [-0.15, -0.1) is 0 Å². The molecule has 1 saturated heterocycles. The standard InChI is InChI=1S/C17H17BrN2O4/c1-22-17(21)13-4-2-3-5-15(13)19-11-12-10-14(18)16(24-12)20-6-8-23-9-7-20/h2-5,10-11H,6-9H2,1H3. The number of anilines is 1. The number of ether oxygens (including phenoxy) is 2. The van der Waals surface area contributed by atoms with E-state index in [1.165, 1.54) is 7.11 Å². The number of furan rings is 1. The number of nitrogens with zero attached hydrogens (tertiary/aromatic N) is 2. The number of halogens is 1. The maximum absolute atomic E-state index is 11.8. The van der Waals surface area contributed by atoms with Gasteiger partial charge < -0.3 is 18.8 Å². The zero-order valence-electron chi connectivity index (χ0n) is 13.2. The number of rotatable bonds is 4. The monoisotopic (exact) mass is 392 g/mol. The Labute approximate surface area is 148 Å². The van der Waals surface area contributed by atoms with Crippen molar-refractivity contribution in [1.82, 2.24) is 0 Å². The normalized spacial score (nSPS) is 15.0. The van der Waals surface area contributed by atoms with Gasteiger partial charge >= 0.3 is 5.97 Å². The van der Waals surface area contributed by atoms with Gasteiger partial charge in [0, 0.05) is 19.2 Å². The quantitative estimate of drug-likeness (QED) is 0.589. The maximum Gasteiger partial charge on any atom is 0.340 e. The summed E-state index contributed by atoms with van der Waals surface area (Å²) in [5, 5.41) is 0. The van der Waals surface area contributed by atoms with E-state index in [4.69, 9.17) is 13.9 Å². The van der Waals surface area contributed by atoms with Crippen molar-refractivity contribution >= 4 is 39.7 Å². The lowest BCUT2D eigenvalue weighted by Gasteiger charge is -2.26. The van der Waals surface area contributed by atoms with Gasteiger partial charge in [0.25, 0.3) is 0 Å². The first-order chi connectivity index (χ1) is 11.7. The summed E-state index contributed by atoms with van der Waals surface area (Å²) in [5.74, 6) is 0.946. The third-order valence-electron chi connectivity index (χ3n) is 3.63. The van der Waals surface area contributed by atoms with Crippen LogP contribution in [0.15, 0.2) is 44.2 Å². The van der Waals surface area contributed by atoms with Crippen molar-refractivity contribution in [3.05, 3.63) is 46.1 Å². The Hall–Kier alpha value is -2.12. The van der Waals surface area contributed by atoms with Crippen molar-refractivity contribution in [1.29, 1.82) is 0 Å². The van der Waals surface area contributed by atoms with Gasteiger partial charge in [-0.3, -0.25) is 4.99 Å². The lowest BCUT2D eigenvalue weighted by atomic mass is 10.2. The molecule has 3 rings (SSSR count). The average Bonchev–Trinajstić information content (AvgIpc) is 3.01. The molecule has 0 spiro atoms. The molecule has 0 unspecified atom stereocenters. The van der Waals surface area contributed by atoms with Crippen LogP contribution in [0.1, 0.15) is 16.1 Å². The Balaban J connectivity index is 1.82. The number of carbonyl (C=O) groups is 1. The molecule has 1 aliphatic heterocycles. The molecule has 0 radical (unpaired) electrons. The number of aliphatic imine (C=N–C) groups is 1. The van der Waals surface area contributed by atoms with Crippen molar-refractivity contribution < 1.29 is 18.7 Å². The van der Waals surface area contributed by atoms with Gasteiger partial charge in [-0.1, -0.05) is 12.1 Å². The van der Waals surface area contributed by atoms with Crippen molar-refractivity contribution in [2.75, 3.05) is 38.3 Å². The van der Waals surface area contributed by atoms with E-state index >= 15 is 0 Å². The minimum absolute atomic E-state index is 0.412. The molecule has 0 amide bonds. The highest BCUT2D eigenvalue weighted by molar-refractivity contribution is 9.10. The number of benzene rings is 1. The number of esters is 1. The molecule has 6 nitrogen and oxygen atoms in total. The molecule has 0 bridgehead atoms. The van der Waals surface area contributed by atoms with Crippen LogP contribution in [0.5, 0.6) is 0 Å². The zero-order valence-corrected chi connectivity index (χ0v) is 14.8. The molecule has 7 heteroatoms. The Morgan fingerprint density at radius 2 is 2.08 bits per heavy atom. The topological polar surface area (TPSA) is 64.3 Å². The van der Waals surface area contributed by atoms with E-state index in [-0.39, 0.29) is 0 Å². The number of hydrogen-bond acceptors (Lipinski definition) is 6. The molecule has 0 N–H and O–H groups in total. The highest BCUT2D eigenvalue weighted by Crippen LogP contribution is 2.30. The molecular weight excluding hydrogens is 376 g/mol. The summed E-state index contributed by atoms with van der Waals surface area (Å²) < 4.78 is 16.8. The minimum Gasteiger partial charge on any atom is -0.465 e. The minimum atomic E-state index is -0.419. The first-order valence-corrected chi connectivity index (χ1v) is 8.32. The number of para-hydroxylation sites is 1. The van der Waals surface area contributed by atoms with Crippen LogP contribution < -0.4 is 4.90 Å². The fraction of sp³-hybridized carbons (Fsp3) is 0.294. The zero-order chi connectivity index (χ0) is 16.9. The van der Waals surface area contributed by atoms with Crippen molar-refractivity contribution in [2.45, 2.75) is 0 Å². The molecule has 1 aromatic carbocycles. The molecule has 126 valence electrons. The highest BCUT2D eigenvalue weighted by Gasteiger charge is 2.18. The molecule has 1 fully saturated rings. The van der Waals surface area contributed by atoms with Gasteiger partial charge in [0.15, 0.2) is 0 Å². The second-order valence-electron chi connectivity index (χ2n) is 5.17. The number of carbonyl (C=O) groups excluding carboxylic acids is 1. The van der Waals surface area contributed by atoms with E-state index in [2.05, 4.69) is 25.8 Å². The third-order valence-corrected chi connectivity index (χ3v) is 4.19. The highest BCUT2D eigenvalue weighted by atomic mass is 79.9. The van der Waals surface area contributed by atoms with Crippen molar-refractivity contribution in [3.8, 4) is 0 Å². The Kier molecular flexibility index (Phi) is 5.32. The summed E-state index contributed by atoms with van der Waals surface area (Å²) in [5.41, 5.74) is 0.945. The lowest BCUT2D eigenvalue weighted by molar-refractivity contribution is 0.0601. The van der Waals surface area contributed by atoms with Crippen LogP contribution in [-0.4, -0.2) is 45.6 Å². The van der Waals surface area contributed by atoms with Gasteiger partial charge in [-0.05, 0) is 28.1 Å². The van der Waals surface area contributed by atoms with E-state index < -0.39 is 5.97 Å². The molecule has 2 aromatic rings. The molecule has 2 heterocycles. The first kappa shape index (κ1) is 16.7. The molecular formula is C17H17BrN2O4. The second-order valence-corrected chi connectivity index (χ2v) is 6.02. The summed E-state index contributed by atoms with van der Waals surface area (Å²) in [6.45, 7) is 2.94. The summed E-state index contributed by atoms with van der Waals surface area (Å²) in [6, 6.07) is 8.87. The summed E-state index contributed by atoms with van der Waals surface area (Å²) in [6.07, 6.45) is 1.59. The van der Waals surface area contributed by atoms with Gasteiger partial charge in [-0.25, -0.2) is 4.79 Å². The molecule has 1 aliphatic rings. The summed E-state index contributed by atoms with van der Waals surface area (Å²) in [4.78, 5) is 18.2. The Morgan fingerprint density at radius 1 is 1.33 bits per heavy atom. The van der Waals surface area contributed by atoms with Crippen LogP contribution in [0.2, 0.25) is 0 Å². The Morgan fingerprint density at radius 3 is 2.83 bits per heavy atom. The van der Waals surface area contributed by atoms with E-state index in [1.807, 2.05) is 12.1 Å². The molecule has 24 heavy (non-hydrogen) atoms. The third kappa shape index (κ3) is 3.68. The van der Waals surface area contributed by atoms with Crippen LogP contribution >= 0.6 is 15.9 Å². The van der Waals surface area contributed by atoms with Crippen molar-refractivity contribution in [2.24, 2.45) is 4.99 Å². The van der Waals surface area contributed by atoms with Gasteiger partial charge in [0.1, 0.15) is 5.76 Å². The van der Waals surface area contributed by atoms with Crippen LogP contribution in [0, 0.1) is 0 Å². The van der Waals surface area contributed by atoms with E-state index in [0.29, 0.717) is 30.2 Å². The van der Waals surface area contributed by atoms with Crippen LogP contribution in [0.3, 0.4) is 0 Å². The van der Waals surface area contributed by atoms with Gasteiger partial charge in [-0.2, -0.15) is 0 Å². The van der Waals surface area contributed by atoms with E-state index in [0.717, 1.165) is 23.4 Å². The molecule has 0 saturated carbocycles. The Bertz CT molecular complexity index is 751. The second kappa shape index (κ2) is 7.63. The largest absolute Gasteiger partial charge is 0.465 e. The first-order valence-electron chi connectivity index (χ1n) is 7.52. The van der Waals surface area contributed by atoms with Crippen LogP contribution in [-0.2, 0) is 9.47 Å². The number of morpholine rings is 1. The smallest absolute Gasteiger partial charge is 0.340 e. The fourth-order valence-corrected chi connectivity index (χ4v) is 2.98. The van der Waals surface area contributed by atoms with E-state index in [1.54, 1.807) is 24.4 Å². The van der Waals surface area contributed by atoms with E-state index in [9.17, 15) is 4.79 Å². The lowest BCUT2D eigenvalue weighted by Crippen LogP contribution is -2.36. The molecule has 1 aromatic heterocycles. The number of methoxy groups -OCH3 is 1. The predicted octanol–water partition coefficient (Wildman–Crippen LogP) is 3.42. The van der Waals surface area contributed by atoms with Gasteiger partial charge in [0.2, 0.25) is 5.88 Å². The molecule has 0 atom stereocenters. The number of hydrogen-bond donors (Lipinski definition) is 0. The predicted molar refractivity (Wildman–Crippen MR) is 94.5 cm³/mol. The maximum atomic E-state index is 11.8. The van der Waals surface area contributed by atoms with Crippen LogP contribution in [0.4, 0.5) is 11.6 Å². The molecule has 0 aliphatic carbocycles. The average molecular weight is 393 g/mol. The summed E-state index contributed by atoms with van der Waals surface area (Å²) in [7, 11) is 1.35. The van der Waals surface area contributed by atoms with Crippen LogP contribution in [0.25, 0.3) is 0 Å². The SMILES string of the molecule is COC(=O)c1ccccc1N=Cc1cc(Br)c(N2CCOCC2)o1. The van der Waals surface area contributed by atoms with Crippen molar-refractivity contribution in [3.63, 3.8) is 0 Å². The van der Waals surface area contributed by atoms with Gasteiger partial charge in [0.05, 0.1) is 42.3 Å².